The number of carbonyl (C=O) groups excluding carboxylic acids is 1. The lowest BCUT2D eigenvalue weighted by Crippen LogP contribution is -2.33. The van der Waals surface area contributed by atoms with Gasteiger partial charge in [0.05, 0.1) is 31.2 Å². The van der Waals surface area contributed by atoms with Crippen molar-refractivity contribution < 1.29 is 28.5 Å². The van der Waals surface area contributed by atoms with Crippen LogP contribution in [0.2, 0.25) is 0 Å². The molecule has 1 unspecified atom stereocenters. The minimum absolute atomic E-state index is 0.286. The number of amides is 1. The van der Waals surface area contributed by atoms with Crippen LogP contribution in [0.15, 0.2) is 30.3 Å². The number of pyridine rings is 1. The molecule has 9 nitrogen and oxygen atoms in total. The van der Waals surface area contributed by atoms with E-state index in [1.807, 2.05) is 39.0 Å². The maximum atomic E-state index is 12.9. The average Bonchev–Trinajstić information content (AvgIpc) is 2.87. The molecule has 0 aliphatic carbocycles. The van der Waals surface area contributed by atoms with E-state index in [1.54, 1.807) is 19.1 Å². The van der Waals surface area contributed by atoms with Crippen LogP contribution in [0.25, 0.3) is 0 Å². The van der Waals surface area contributed by atoms with E-state index in [-0.39, 0.29) is 12.0 Å². The zero-order chi connectivity index (χ0) is 29.1. The number of hydrogen-bond acceptors (Lipinski definition) is 8. The lowest BCUT2D eigenvalue weighted by molar-refractivity contribution is 0.0525. The highest BCUT2D eigenvalue weighted by molar-refractivity contribution is 7.65. The molecule has 0 saturated carbocycles. The normalized spacial score (nSPS) is 12.6. The Morgan fingerprint density at radius 3 is 2.41 bits per heavy atom. The number of hydrogen-bond donors (Lipinski definition) is 2. The zero-order valence-corrected chi connectivity index (χ0v) is 25.1. The van der Waals surface area contributed by atoms with E-state index in [0.717, 1.165) is 30.1 Å². The van der Waals surface area contributed by atoms with Gasteiger partial charge in [-0.2, -0.15) is 0 Å². The van der Waals surface area contributed by atoms with Crippen LogP contribution >= 0.6 is 7.37 Å². The van der Waals surface area contributed by atoms with Gasteiger partial charge in [0.25, 0.3) is 0 Å². The zero-order valence-electron chi connectivity index (χ0n) is 24.2. The first-order valence-electron chi connectivity index (χ1n) is 13.3. The third kappa shape index (κ3) is 10.6. The topological polar surface area (TPSA) is 110 Å². The van der Waals surface area contributed by atoms with Crippen LogP contribution in [-0.4, -0.2) is 61.3 Å². The van der Waals surface area contributed by atoms with Crippen molar-refractivity contribution in [3.63, 3.8) is 0 Å². The molecule has 2 rings (SSSR count). The van der Waals surface area contributed by atoms with E-state index in [2.05, 4.69) is 40.9 Å². The SMILES string of the molecule is CCOP(C)(=O)c1cc(C#Cc2ccc(OCCCNC(=O)OC(C)(C)C)c(N(CC)CC)c2)cc(CO)n1. The Kier molecular flexibility index (Phi) is 12.3. The molecule has 2 aromatic rings. The number of benzene rings is 1. The molecule has 10 heteroatoms. The molecule has 214 valence electrons. The van der Waals surface area contributed by atoms with Crippen molar-refractivity contribution in [3.8, 4) is 17.6 Å². The Labute approximate surface area is 232 Å². The number of carbonyl (C=O) groups is 1. The summed E-state index contributed by atoms with van der Waals surface area (Å²) in [5.41, 5.74) is 2.43. The standard InChI is InChI=1S/C29H42N3O6P/c1-8-32(9-2)25-19-22(14-15-26(25)36-17-11-16-30-28(34)38-29(4,5)6)12-13-23-18-24(21-33)31-27(20-23)39(7,35)37-10-3/h14-15,18-20,33H,8-11,16-17,21H2,1-7H3,(H,30,34). The molecular formula is C29H42N3O6P. The molecule has 1 aromatic carbocycles. The van der Waals surface area contributed by atoms with Gasteiger partial charge in [-0.25, -0.2) is 9.78 Å². The second-order valence-electron chi connectivity index (χ2n) is 9.86. The number of nitrogens with one attached hydrogen (secondary N) is 1. The predicted octanol–water partition coefficient (Wildman–Crippen LogP) is 4.68. The van der Waals surface area contributed by atoms with E-state index in [4.69, 9.17) is 14.0 Å². The Morgan fingerprint density at radius 1 is 1.10 bits per heavy atom. The summed E-state index contributed by atoms with van der Waals surface area (Å²) in [4.78, 5) is 18.3. The fourth-order valence-electron chi connectivity index (χ4n) is 3.68. The largest absolute Gasteiger partial charge is 0.491 e. The summed E-state index contributed by atoms with van der Waals surface area (Å²) in [6.07, 6.45) is 0.181. The molecule has 1 heterocycles. The van der Waals surface area contributed by atoms with Crippen LogP contribution in [0.3, 0.4) is 0 Å². The molecule has 0 radical (unpaired) electrons. The van der Waals surface area contributed by atoms with E-state index < -0.39 is 19.1 Å². The first kappa shape index (κ1) is 32.2. The van der Waals surface area contributed by atoms with Crippen LogP contribution in [-0.2, 0) is 20.4 Å². The first-order valence-corrected chi connectivity index (χ1v) is 15.3. The van der Waals surface area contributed by atoms with Crippen LogP contribution in [0.4, 0.5) is 10.5 Å². The lowest BCUT2D eigenvalue weighted by atomic mass is 10.1. The smallest absolute Gasteiger partial charge is 0.407 e. The van der Waals surface area contributed by atoms with Crippen molar-refractivity contribution in [2.45, 2.75) is 60.2 Å². The van der Waals surface area contributed by atoms with Crippen molar-refractivity contribution in [1.82, 2.24) is 10.3 Å². The highest BCUT2D eigenvalue weighted by atomic mass is 31.2. The van der Waals surface area contributed by atoms with Crippen molar-refractivity contribution in [3.05, 3.63) is 47.2 Å². The summed E-state index contributed by atoms with van der Waals surface area (Å²) >= 11 is 0. The fourth-order valence-corrected chi connectivity index (χ4v) is 4.99. The molecule has 0 bridgehead atoms. The maximum Gasteiger partial charge on any atom is 0.407 e. The number of aliphatic hydroxyl groups is 1. The highest BCUT2D eigenvalue weighted by Crippen LogP contribution is 2.40. The summed E-state index contributed by atoms with van der Waals surface area (Å²) in [5.74, 6) is 7.01. The second kappa shape index (κ2) is 14.9. The van der Waals surface area contributed by atoms with Crippen molar-refractivity contribution in [2.24, 2.45) is 0 Å². The fraction of sp³-hybridized carbons (Fsp3) is 0.517. The van der Waals surface area contributed by atoms with Gasteiger partial charge < -0.3 is 29.3 Å². The van der Waals surface area contributed by atoms with Crippen LogP contribution < -0.4 is 20.4 Å². The second-order valence-corrected chi connectivity index (χ2v) is 12.3. The number of anilines is 1. The van der Waals surface area contributed by atoms with Gasteiger partial charge in [-0.15, -0.1) is 0 Å². The molecule has 1 amide bonds. The van der Waals surface area contributed by atoms with Gasteiger partial charge in [-0.3, -0.25) is 4.57 Å². The van der Waals surface area contributed by atoms with Gasteiger partial charge >= 0.3 is 6.09 Å². The van der Waals surface area contributed by atoms with Gasteiger partial charge in [0.1, 0.15) is 16.8 Å². The van der Waals surface area contributed by atoms with Crippen molar-refractivity contribution in [2.75, 3.05) is 44.4 Å². The molecule has 0 fully saturated rings. The number of aliphatic hydroxyl groups excluding tert-OH is 1. The minimum atomic E-state index is -3.12. The molecular weight excluding hydrogens is 517 g/mol. The summed E-state index contributed by atoms with van der Waals surface area (Å²) in [6, 6.07) is 9.08. The molecule has 0 saturated heterocycles. The Morgan fingerprint density at radius 2 is 1.79 bits per heavy atom. The van der Waals surface area contributed by atoms with Crippen LogP contribution in [0, 0.1) is 11.8 Å². The molecule has 0 spiro atoms. The molecule has 39 heavy (non-hydrogen) atoms. The third-order valence-corrected chi connectivity index (χ3v) is 7.29. The Hall–Kier alpha value is -3.05. The highest BCUT2D eigenvalue weighted by Gasteiger charge is 2.21. The quantitative estimate of drug-likeness (QED) is 0.219. The average molecular weight is 560 g/mol. The van der Waals surface area contributed by atoms with Crippen LogP contribution in [0.5, 0.6) is 5.75 Å². The van der Waals surface area contributed by atoms with Crippen molar-refractivity contribution in [1.29, 1.82) is 0 Å². The molecule has 2 N–H and O–H groups in total. The minimum Gasteiger partial charge on any atom is -0.491 e. The number of nitrogens with zero attached hydrogens (tertiary/aromatic N) is 2. The number of ether oxygens (including phenoxy) is 2. The summed E-state index contributed by atoms with van der Waals surface area (Å²) in [7, 11) is -3.12. The number of rotatable bonds is 12. The van der Waals surface area contributed by atoms with E-state index >= 15 is 0 Å². The molecule has 0 aliphatic rings. The summed E-state index contributed by atoms with van der Waals surface area (Å²) < 4.78 is 29.6. The van der Waals surface area contributed by atoms with Gasteiger partial charge in [0, 0.05) is 37.4 Å². The van der Waals surface area contributed by atoms with Gasteiger partial charge in [0.2, 0.25) is 7.37 Å². The third-order valence-electron chi connectivity index (χ3n) is 5.48. The Bertz CT molecular complexity index is 1210. The van der Waals surface area contributed by atoms with Gasteiger partial charge in [-0.1, -0.05) is 11.8 Å². The van der Waals surface area contributed by atoms with E-state index in [0.29, 0.717) is 37.4 Å². The monoisotopic (exact) mass is 559 g/mol. The number of aromatic nitrogens is 1. The Balaban J connectivity index is 2.21. The van der Waals surface area contributed by atoms with Crippen LogP contribution in [0.1, 0.15) is 64.8 Å². The molecule has 0 aliphatic heterocycles. The summed E-state index contributed by atoms with van der Waals surface area (Å²) in [6.45, 7) is 15.4. The summed E-state index contributed by atoms with van der Waals surface area (Å²) in [5, 5.41) is 12.4. The van der Waals surface area contributed by atoms with Gasteiger partial charge in [-0.05, 0) is 78.3 Å². The van der Waals surface area contributed by atoms with Gasteiger partial charge in [0.15, 0.2) is 0 Å². The van der Waals surface area contributed by atoms with E-state index in [9.17, 15) is 14.5 Å². The van der Waals surface area contributed by atoms with Crippen molar-refractivity contribution >= 4 is 24.6 Å². The number of alkyl carbamates (subject to hydrolysis) is 1. The first-order chi connectivity index (χ1) is 18.4. The predicted molar refractivity (Wildman–Crippen MR) is 155 cm³/mol. The lowest BCUT2D eigenvalue weighted by Gasteiger charge is -2.24. The van der Waals surface area contributed by atoms with E-state index in [1.165, 1.54) is 6.66 Å². The molecule has 1 aromatic heterocycles. The maximum absolute atomic E-state index is 12.9. The molecule has 1 atom stereocenters.